The summed E-state index contributed by atoms with van der Waals surface area (Å²) in [6.07, 6.45) is 0. The first kappa shape index (κ1) is 12.4. The second kappa shape index (κ2) is 4.67. The number of nitrogens with one attached hydrogen (secondary N) is 1. The average Bonchev–Trinajstić information content (AvgIpc) is 2.27. The van der Waals surface area contributed by atoms with E-state index in [1.54, 1.807) is 19.2 Å². The van der Waals surface area contributed by atoms with E-state index in [1.807, 2.05) is 13.0 Å². The molecule has 2 rings (SSSR count). The highest BCUT2D eigenvalue weighted by Crippen LogP contribution is 2.30. The molecule has 7 heteroatoms. The number of fused-ring (bicyclic) bond motifs is 1. The van der Waals surface area contributed by atoms with Gasteiger partial charge in [0.1, 0.15) is 4.90 Å². The average molecular weight is 272 g/mol. The standard InChI is InChI=1S/C10H12N2O3S2/c1-7-3-4-8-9(5-7)17(13,14)12-10(11-8)16-6-15-2/h3-5H,6H2,1-2H3,(H,11,12). The number of aryl methyl sites for hydroxylation is 1. The molecule has 0 fully saturated rings. The largest absolute Gasteiger partial charge is 0.374 e. The molecule has 1 aliphatic rings. The summed E-state index contributed by atoms with van der Waals surface area (Å²) in [4.78, 5) is 0.222. The van der Waals surface area contributed by atoms with E-state index < -0.39 is 10.0 Å². The van der Waals surface area contributed by atoms with Gasteiger partial charge in [0.25, 0.3) is 10.0 Å². The van der Waals surface area contributed by atoms with Crippen LogP contribution in [-0.2, 0) is 14.8 Å². The third kappa shape index (κ3) is 2.62. The van der Waals surface area contributed by atoms with Crippen molar-refractivity contribution >= 4 is 32.6 Å². The lowest BCUT2D eigenvalue weighted by atomic mass is 10.2. The second-order valence-electron chi connectivity index (χ2n) is 3.55. The third-order valence-corrected chi connectivity index (χ3v) is 4.43. The van der Waals surface area contributed by atoms with Crippen molar-refractivity contribution in [1.82, 2.24) is 0 Å². The number of ether oxygens (including phenoxy) is 1. The van der Waals surface area contributed by atoms with Gasteiger partial charge in [0, 0.05) is 7.11 Å². The minimum Gasteiger partial charge on any atom is -0.374 e. The van der Waals surface area contributed by atoms with E-state index in [0.717, 1.165) is 5.56 Å². The normalized spacial score (nSPS) is 16.9. The van der Waals surface area contributed by atoms with Gasteiger partial charge < -0.3 is 10.1 Å². The third-order valence-electron chi connectivity index (χ3n) is 2.17. The molecule has 0 aliphatic carbocycles. The number of rotatable bonds is 2. The lowest BCUT2D eigenvalue weighted by molar-refractivity contribution is 0.259. The van der Waals surface area contributed by atoms with E-state index in [4.69, 9.17) is 4.74 Å². The van der Waals surface area contributed by atoms with Gasteiger partial charge >= 0.3 is 0 Å². The predicted molar refractivity (Wildman–Crippen MR) is 68.9 cm³/mol. The molecule has 1 heterocycles. The van der Waals surface area contributed by atoms with Crippen LogP contribution < -0.4 is 5.32 Å². The van der Waals surface area contributed by atoms with Gasteiger partial charge in [0.2, 0.25) is 0 Å². The van der Waals surface area contributed by atoms with E-state index in [0.29, 0.717) is 16.8 Å². The smallest absolute Gasteiger partial charge is 0.286 e. The number of amidine groups is 1. The number of thioether (sulfide) groups is 1. The van der Waals surface area contributed by atoms with Crippen LogP contribution >= 0.6 is 11.8 Å². The van der Waals surface area contributed by atoms with E-state index in [9.17, 15) is 8.42 Å². The highest BCUT2D eigenvalue weighted by molar-refractivity contribution is 8.14. The molecule has 92 valence electrons. The van der Waals surface area contributed by atoms with Crippen LogP contribution in [-0.4, -0.2) is 26.6 Å². The Morgan fingerprint density at radius 3 is 2.94 bits per heavy atom. The molecular weight excluding hydrogens is 260 g/mol. The van der Waals surface area contributed by atoms with Crippen LogP contribution in [0, 0.1) is 6.92 Å². The first-order valence-corrected chi connectivity index (χ1v) is 7.30. The monoisotopic (exact) mass is 272 g/mol. The second-order valence-corrected chi connectivity index (χ2v) is 6.03. The van der Waals surface area contributed by atoms with Crippen LogP contribution in [0.2, 0.25) is 0 Å². The zero-order chi connectivity index (χ0) is 12.5. The van der Waals surface area contributed by atoms with Crippen LogP contribution in [0.5, 0.6) is 0 Å². The van der Waals surface area contributed by atoms with E-state index >= 15 is 0 Å². The number of methoxy groups -OCH3 is 1. The summed E-state index contributed by atoms with van der Waals surface area (Å²) in [5, 5.41) is 3.30. The highest BCUT2D eigenvalue weighted by atomic mass is 32.2. The number of hydrogen-bond donors (Lipinski definition) is 1. The predicted octanol–water partition coefficient (Wildman–Crippen LogP) is 1.80. The van der Waals surface area contributed by atoms with Gasteiger partial charge in [-0.2, -0.15) is 8.42 Å². The van der Waals surface area contributed by atoms with Gasteiger partial charge in [-0.05, 0) is 24.6 Å². The van der Waals surface area contributed by atoms with Crippen molar-refractivity contribution in [3.05, 3.63) is 23.8 Å². The van der Waals surface area contributed by atoms with Crippen LogP contribution in [0.15, 0.2) is 27.5 Å². The van der Waals surface area contributed by atoms with Crippen LogP contribution in [0.4, 0.5) is 5.69 Å². The van der Waals surface area contributed by atoms with Gasteiger partial charge in [0.05, 0.1) is 11.6 Å². The molecule has 1 N–H and O–H groups in total. The van der Waals surface area contributed by atoms with E-state index in [2.05, 4.69) is 9.71 Å². The molecule has 0 spiro atoms. The summed E-state index contributed by atoms with van der Waals surface area (Å²) >= 11 is 1.20. The van der Waals surface area contributed by atoms with Crippen molar-refractivity contribution in [1.29, 1.82) is 0 Å². The Labute approximate surface area is 104 Å². The van der Waals surface area contributed by atoms with E-state index in [-0.39, 0.29) is 4.90 Å². The van der Waals surface area contributed by atoms with Gasteiger partial charge in [-0.15, -0.1) is 4.40 Å². The topological polar surface area (TPSA) is 67.8 Å². The summed E-state index contributed by atoms with van der Waals surface area (Å²) in [7, 11) is -2.05. The molecule has 17 heavy (non-hydrogen) atoms. The maximum atomic E-state index is 11.9. The lowest BCUT2D eigenvalue weighted by Gasteiger charge is -2.17. The highest BCUT2D eigenvalue weighted by Gasteiger charge is 2.24. The van der Waals surface area contributed by atoms with Crippen molar-refractivity contribution in [2.24, 2.45) is 4.40 Å². The summed E-state index contributed by atoms with van der Waals surface area (Å²) < 4.78 is 32.4. The SMILES string of the molecule is COCSC1=NS(=O)(=O)c2cc(C)ccc2N1. The fraction of sp³-hybridized carbons (Fsp3) is 0.300. The number of nitrogens with zero attached hydrogens (tertiary/aromatic N) is 1. The van der Waals surface area contributed by atoms with Crippen LogP contribution in [0.25, 0.3) is 0 Å². The van der Waals surface area contributed by atoms with Crippen molar-refractivity contribution in [2.45, 2.75) is 11.8 Å². The molecule has 0 aromatic heterocycles. The Bertz CT molecular complexity index is 567. The Kier molecular flexibility index (Phi) is 3.41. The number of hydrogen-bond acceptors (Lipinski definition) is 5. The maximum absolute atomic E-state index is 11.9. The van der Waals surface area contributed by atoms with Crippen molar-refractivity contribution in [3.8, 4) is 0 Å². The molecule has 1 aliphatic heterocycles. The molecule has 0 amide bonds. The van der Waals surface area contributed by atoms with Gasteiger partial charge in [-0.1, -0.05) is 17.8 Å². The molecule has 0 atom stereocenters. The molecule has 0 radical (unpaired) electrons. The summed E-state index contributed by atoms with van der Waals surface area (Å²) in [6.45, 7) is 1.84. The Morgan fingerprint density at radius 2 is 2.24 bits per heavy atom. The molecule has 0 saturated carbocycles. The minimum absolute atomic E-state index is 0.222. The Balaban J connectivity index is 2.40. The first-order chi connectivity index (χ1) is 8.03. The summed E-state index contributed by atoms with van der Waals surface area (Å²) in [6, 6.07) is 5.20. The fourth-order valence-corrected chi connectivity index (χ4v) is 3.43. The van der Waals surface area contributed by atoms with E-state index in [1.165, 1.54) is 11.8 Å². The maximum Gasteiger partial charge on any atom is 0.286 e. The molecule has 0 bridgehead atoms. The quantitative estimate of drug-likeness (QED) is 0.831. The fourth-order valence-electron chi connectivity index (χ4n) is 1.42. The van der Waals surface area contributed by atoms with Crippen LogP contribution in [0.3, 0.4) is 0 Å². The van der Waals surface area contributed by atoms with Gasteiger partial charge in [-0.25, -0.2) is 0 Å². The van der Waals surface area contributed by atoms with Crippen molar-refractivity contribution in [3.63, 3.8) is 0 Å². The zero-order valence-electron chi connectivity index (χ0n) is 9.43. The van der Waals surface area contributed by atoms with Crippen LogP contribution in [0.1, 0.15) is 5.56 Å². The molecule has 5 nitrogen and oxygen atoms in total. The number of benzene rings is 1. The lowest BCUT2D eigenvalue weighted by Crippen LogP contribution is -2.19. The molecule has 0 saturated heterocycles. The zero-order valence-corrected chi connectivity index (χ0v) is 11.1. The molecular formula is C10H12N2O3S2. The molecule has 1 aromatic rings. The molecule has 0 unspecified atom stereocenters. The summed E-state index contributed by atoms with van der Waals surface area (Å²) in [5.41, 5.74) is 1.45. The Morgan fingerprint density at radius 1 is 1.47 bits per heavy atom. The number of anilines is 1. The summed E-state index contributed by atoms with van der Waals surface area (Å²) in [5.74, 6) is 0.350. The van der Waals surface area contributed by atoms with Gasteiger partial charge in [0.15, 0.2) is 5.17 Å². The minimum atomic E-state index is -3.60. The number of sulfonamides is 1. The van der Waals surface area contributed by atoms with Crippen molar-refractivity contribution in [2.75, 3.05) is 18.4 Å². The van der Waals surface area contributed by atoms with Crippen molar-refractivity contribution < 1.29 is 13.2 Å². The Hall–Kier alpha value is -1.05. The molecule has 1 aromatic carbocycles. The van der Waals surface area contributed by atoms with Gasteiger partial charge in [-0.3, -0.25) is 0 Å². The first-order valence-electron chi connectivity index (χ1n) is 4.87.